The maximum Gasteiger partial charge on any atom is 0.261 e. The van der Waals surface area contributed by atoms with E-state index in [2.05, 4.69) is 20.5 Å². The fourth-order valence-corrected chi connectivity index (χ4v) is 2.86. The summed E-state index contributed by atoms with van der Waals surface area (Å²) >= 11 is 1.25. The van der Waals surface area contributed by atoms with Crippen LogP contribution in [0.25, 0.3) is 10.7 Å². The molecule has 0 unspecified atom stereocenters. The maximum atomic E-state index is 12.4. The van der Waals surface area contributed by atoms with Crippen molar-refractivity contribution >= 4 is 22.4 Å². The molecule has 0 saturated carbocycles. The number of pyridine rings is 1. The highest BCUT2D eigenvalue weighted by atomic mass is 32.1. The van der Waals surface area contributed by atoms with Crippen molar-refractivity contribution in [2.45, 2.75) is 0 Å². The number of amides is 1. The molecule has 0 saturated heterocycles. The van der Waals surface area contributed by atoms with E-state index in [0.717, 1.165) is 0 Å². The molecule has 1 amide bonds. The van der Waals surface area contributed by atoms with Gasteiger partial charge in [-0.05, 0) is 24.3 Å². The van der Waals surface area contributed by atoms with Gasteiger partial charge in [-0.15, -0.1) is 10.2 Å². The number of hydrogen-bond donors (Lipinski definition) is 1. The van der Waals surface area contributed by atoms with Gasteiger partial charge in [-0.2, -0.15) is 0 Å². The average Bonchev–Trinajstić information content (AvgIpc) is 3.24. The van der Waals surface area contributed by atoms with Crippen LogP contribution >= 0.6 is 11.3 Å². The molecule has 2 aromatic heterocycles. The number of rotatable bonds is 3. The quantitative estimate of drug-likeness (QED) is 0.796. The first-order valence-electron chi connectivity index (χ1n) is 6.76. The first kappa shape index (κ1) is 13.6. The van der Waals surface area contributed by atoms with E-state index < -0.39 is 0 Å². The van der Waals surface area contributed by atoms with E-state index in [9.17, 15) is 4.79 Å². The van der Waals surface area contributed by atoms with E-state index in [-0.39, 0.29) is 12.7 Å². The highest BCUT2D eigenvalue weighted by Gasteiger charge is 2.22. The van der Waals surface area contributed by atoms with Gasteiger partial charge in [0.2, 0.25) is 11.9 Å². The summed E-state index contributed by atoms with van der Waals surface area (Å²) in [7, 11) is 0. The Hall–Kier alpha value is -3.00. The van der Waals surface area contributed by atoms with Crippen LogP contribution in [0.4, 0.5) is 5.13 Å². The van der Waals surface area contributed by atoms with Crippen molar-refractivity contribution in [3.05, 3.63) is 48.2 Å². The van der Waals surface area contributed by atoms with E-state index in [1.807, 2.05) is 18.2 Å². The molecule has 3 heterocycles. The highest BCUT2D eigenvalue weighted by Crippen LogP contribution is 2.35. The van der Waals surface area contributed by atoms with Crippen molar-refractivity contribution in [2.24, 2.45) is 0 Å². The van der Waals surface area contributed by atoms with Crippen molar-refractivity contribution in [3.63, 3.8) is 0 Å². The number of anilines is 1. The first-order valence-corrected chi connectivity index (χ1v) is 7.58. The standard InChI is InChI=1S/C15H10N4O3S/c20-13(9-4-3-6-11-12(9)22-8-21-11)17-15-19-18-14(23-15)10-5-1-2-7-16-10/h1-7H,8H2,(H,17,19,20). The minimum absolute atomic E-state index is 0.113. The van der Waals surface area contributed by atoms with E-state index >= 15 is 0 Å². The molecule has 0 aliphatic carbocycles. The van der Waals surface area contributed by atoms with Crippen molar-refractivity contribution in [1.82, 2.24) is 15.2 Å². The van der Waals surface area contributed by atoms with Crippen molar-refractivity contribution < 1.29 is 14.3 Å². The van der Waals surface area contributed by atoms with Gasteiger partial charge in [-0.3, -0.25) is 15.1 Å². The number of aromatic nitrogens is 3. The lowest BCUT2D eigenvalue weighted by Gasteiger charge is -2.04. The molecule has 1 aromatic carbocycles. The largest absolute Gasteiger partial charge is 0.454 e. The topological polar surface area (TPSA) is 86.2 Å². The Bertz CT molecular complexity index is 866. The molecule has 114 valence electrons. The Morgan fingerprint density at radius 3 is 2.96 bits per heavy atom. The van der Waals surface area contributed by atoms with Crippen LogP contribution in [0.5, 0.6) is 11.5 Å². The molecule has 0 spiro atoms. The van der Waals surface area contributed by atoms with Crippen LogP contribution in [0.3, 0.4) is 0 Å². The van der Waals surface area contributed by atoms with Crippen LogP contribution in [0, 0.1) is 0 Å². The summed E-state index contributed by atoms with van der Waals surface area (Å²) in [5, 5.41) is 11.8. The van der Waals surface area contributed by atoms with Crippen LogP contribution in [-0.2, 0) is 0 Å². The van der Waals surface area contributed by atoms with Crippen LogP contribution in [0.1, 0.15) is 10.4 Å². The summed E-state index contributed by atoms with van der Waals surface area (Å²) in [5.74, 6) is 0.680. The molecule has 7 nitrogen and oxygen atoms in total. The fourth-order valence-electron chi connectivity index (χ4n) is 2.14. The van der Waals surface area contributed by atoms with E-state index in [4.69, 9.17) is 9.47 Å². The Balaban J connectivity index is 1.56. The number of para-hydroxylation sites is 1. The number of ether oxygens (including phenoxy) is 2. The smallest absolute Gasteiger partial charge is 0.261 e. The summed E-state index contributed by atoms with van der Waals surface area (Å²) in [4.78, 5) is 16.6. The van der Waals surface area contributed by atoms with Gasteiger partial charge < -0.3 is 9.47 Å². The summed E-state index contributed by atoms with van der Waals surface area (Å²) in [5.41, 5.74) is 1.11. The van der Waals surface area contributed by atoms with E-state index in [0.29, 0.717) is 32.9 Å². The van der Waals surface area contributed by atoms with Crippen molar-refractivity contribution in [2.75, 3.05) is 12.1 Å². The molecule has 1 N–H and O–H groups in total. The van der Waals surface area contributed by atoms with Gasteiger partial charge >= 0.3 is 0 Å². The Morgan fingerprint density at radius 2 is 2.09 bits per heavy atom. The van der Waals surface area contributed by atoms with Gasteiger partial charge in [0.1, 0.15) is 5.69 Å². The number of hydrogen-bond acceptors (Lipinski definition) is 7. The number of carbonyl (C=O) groups is 1. The molecule has 0 bridgehead atoms. The van der Waals surface area contributed by atoms with E-state index in [1.165, 1.54) is 11.3 Å². The first-order chi connectivity index (χ1) is 11.3. The van der Waals surface area contributed by atoms with Crippen LogP contribution < -0.4 is 14.8 Å². The van der Waals surface area contributed by atoms with Gasteiger partial charge in [-0.25, -0.2) is 0 Å². The van der Waals surface area contributed by atoms with E-state index in [1.54, 1.807) is 24.4 Å². The van der Waals surface area contributed by atoms with Crippen LogP contribution in [0.2, 0.25) is 0 Å². The zero-order valence-electron chi connectivity index (χ0n) is 11.7. The van der Waals surface area contributed by atoms with Gasteiger partial charge in [-0.1, -0.05) is 23.5 Å². The van der Waals surface area contributed by atoms with Crippen molar-refractivity contribution in [3.8, 4) is 22.2 Å². The number of benzene rings is 1. The molecule has 3 aromatic rings. The molecule has 1 aliphatic rings. The molecular formula is C15H10N4O3S. The third-order valence-electron chi connectivity index (χ3n) is 3.17. The third-order valence-corrected chi connectivity index (χ3v) is 4.03. The minimum Gasteiger partial charge on any atom is -0.454 e. The van der Waals surface area contributed by atoms with Gasteiger partial charge in [0, 0.05) is 6.20 Å². The minimum atomic E-state index is -0.323. The summed E-state index contributed by atoms with van der Waals surface area (Å²) in [6, 6.07) is 10.7. The maximum absolute atomic E-state index is 12.4. The van der Waals surface area contributed by atoms with Crippen molar-refractivity contribution in [1.29, 1.82) is 0 Å². The van der Waals surface area contributed by atoms with Crippen LogP contribution in [-0.4, -0.2) is 27.9 Å². The predicted octanol–water partition coefficient (Wildman–Crippen LogP) is 2.58. The molecule has 23 heavy (non-hydrogen) atoms. The molecule has 0 fully saturated rings. The lowest BCUT2D eigenvalue weighted by Crippen LogP contribution is -2.12. The third kappa shape index (κ3) is 2.59. The molecule has 4 rings (SSSR count). The average molecular weight is 326 g/mol. The van der Waals surface area contributed by atoms with Gasteiger partial charge in [0.15, 0.2) is 16.5 Å². The number of fused-ring (bicyclic) bond motifs is 1. The van der Waals surface area contributed by atoms with Crippen LogP contribution in [0.15, 0.2) is 42.6 Å². The Labute approximate surface area is 134 Å². The monoisotopic (exact) mass is 326 g/mol. The molecule has 0 radical (unpaired) electrons. The lowest BCUT2D eigenvalue weighted by atomic mass is 10.2. The van der Waals surface area contributed by atoms with Gasteiger partial charge in [0.05, 0.1) is 5.56 Å². The second-order valence-corrected chi connectivity index (χ2v) is 5.60. The summed E-state index contributed by atoms with van der Waals surface area (Å²) < 4.78 is 10.6. The lowest BCUT2D eigenvalue weighted by molar-refractivity contribution is 0.102. The summed E-state index contributed by atoms with van der Waals surface area (Å²) in [6.07, 6.45) is 1.68. The number of carbonyl (C=O) groups excluding carboxylic acids is 1. The molecule has 1 aliphatic heterocycles. The van der Waals surface area contributed by atoms with Gasteiger partial charge in [0.25, 0.3) is 5.91 Å². The molecule has 8 heteroatoms. The number of nitrogens with zero attached hydrogens (tertiary/aromatic N) is 3. The second-order valence-electron chi connectivity index (χ2n) is 4.62. The zero-order valence-corrected chi connectivity index (χ0v) is 12.5. The normalized spacial score (nSPS) is 12.2. The summed E-state index contributed by atoms with van der Waals surface area (Å²) in [6.45, 7) is 0.113. The highest BCUT2D eigenvalue weighted by molar-refractivity contribution is 7.18. The Morgan fingerprint density at radius 1 is 1.13 bits per heavy atom. The number of nitrogens with one attached hydrogen (secondary N) is 1. The molecule has 0 atom stereocenters. The fraction of sp³-hybridized carbons (Fsp3) is 0.0667. The SMILES string of the molecule is O=C(Nc1nnc(-c2ccccn2)s1)c1cccc2c1OCO2. The molecular weight excluding hydrogens is 316 g/mol. The second kappa shape index (κ2) is 5.65. The predicted molar refractivity (Wildman–Crippen MR) is 83.7 cm³/mol. The zero-order chi connectivity index (χ0) is 15.6. The Kier molecular flexibility index (Phi) is 3.35.